The molecule has 0 radical (unpaired) electrons. The number of esters is 3. The van der Waals surface area contributed by atoms with Gasteiger partial charge in [-0.25, -0.2) is 0 Å². The molecule has 0 aliphatic rings. The molecule has 368 valence electrons. The van der Waals surface area contributed by atoms with E-state index in [2.05, 4.69) is 93.7 Å². The van der Waals surface area contributed by atoms with Gasteiger partial charge in [-0.05, 0) is 83.5 Å². The molecule has 64 heavy (non-hydrogen) atoms. The van der Waals surface area contributed by atoms with Gasteiger partial charge in [0.1, 0.15) is 13.2 Å². The average molecular weight is 893 g/mol. The van der Waals surface area contributed by atoms with Gasteiger partial charge in [0, 0.05) is 19.3 Å². The predicted octanol–water partition coefficient (Wildman–Crippen LogP) is 17.8. The topological polar surface area (TPSA) is 78.9 Å². The van der Waals surface area contributed by atoms with E-state index in [4.69, 9.17) is 14.2 Å². The summed E-state index contributed by atoms with van der Waals surface area (Å²) >= 11 is 0. The quantitative estimate of drug-likeness (QED) is 0.0262. The summed E-state index contributed by atoms with van der Waals surface area (Å²) in [4.78, 5) is 37.8. The van der Waals surface area contributed by atoms with E-state index in [-0.39, 0.29) is 31.1 Å². The van der Waals surface area contributed by atoms with Gasteiger partial charge in [-0.15, -0.1) is 0 Å². The lowest BCUT2D eigenvalue weighted by Crippen LogP contribution is -2.30. The molecule has 0 saturated carbocycles. The highest BCUT2D eigenvalue weighted by Gasteiger charge is 2.19. The summed E-state index contributed by atoms with van der Waals surface area (Å²) in [7, 11) is 0. The van der Waals surface area contributed by atoms with Crippen molar-refractivity contribution in [1.82, 2.24) is 0 Å². The van der Waals surface area contributed by atoms with Gasteiger partial charge in [-0.1, -0.05) is 229 Å². The zero-order valence-electron chi connectivity index (χ0n) is 42.0. The lowest BCUT2D eigenvalue weighted by Gasteiger charge is -2.18. The third-order valence-electron chi connectivity index (χ3n) is 11.4. The molecule has 0 amide bonds. The summed E-state index contributed by atoms with van der Waals surface area (Å²) in [6, 6.07) is 0. The summed E-state index contributed by atoms with van der Waals surface area (Å²) in [5.41, 5.74) is 0. The minimum absolute atomic E-state index is 0.0776. The van der Waals surface area contributed by atoms with Crippen LogP contribution in [0.5, 0.6) is 0 Å². The molecule has 0 aliphatic heterocycles. The molecular formula is C58H100O6. The highest BCUT2D eigenvalue weighted by atomic mass is 16.6. The van der Waals surface area contributed by atoms with Crippen LogP contribution in [-0.4, -0.2) is 37.2 Å². The van der Waals surface area contributed by atoms with Crippen molar-refractivity contribution in [3.63, 3.8) is 0 Å². The zero-order valence-corrected chi connectivity index (χ0v) is 42.0. The number of rotatable bonds is 48. The molecular weight excluding hydrogens is 793 g/mol. The Bertz CT molecular complexity index is 1210. The number of hydrogen-bond donors (Lipinski definition) is 0. The second kappa shape index (κ2) is 52.5. The van der Waals surface area contributed by atoms with Gasteiger partial charge in [-0.3, -0.25) is 14.4 Å². The average Bonchev–Trinajstić information content (AvgIpc) is 3.29. The van der Waals surface area contributed by atoms with Crippen molar-refractivity contribution in [2.24, 2.45) is 0 Å². The molecule has 6 heteroatoms. The van der Waals surface area contributed by atoms with E-state index in [0.717, 1.165) is 103 Å². The van der Waals surface area contributed by atoms with Crippen molar-refractivity contribution in [3.8, 4) is 0 Å². The number of carbonyl (C=O) groups is 3. The number of allylic oxidation sites excluding steroid dienone is 12. The van der Waals surface area contributed by atoms with Crippen molar-refractivity contribution in [3.05, 3.63) is 72.9 Å². The first-order chi connectivity index (χ1) is 31.5. The Hall–Kier alpha value is -3.15. The monoisotopic (exact) mass is 893 g/mol. The molecule has 0 bridgehead atoms. The molecule has 1 atom stereocenters. The van der Waals surface area contributed by atoms with Crippen LogP contribution in [0.1, 0.15) is 258 Å². The predicted molar refractivity (Wildman–Crippen MR) is 274 cm³/mol. The maximum atomic E-state index is 12.7. The molecule has 0 aromatic rings. The molecule has 0 heterocycles. The van der Waals surface area contributed by atoms with Crippen molar-refractivity contribution < 1.29 is 28.6 Å². The molecule has 0 aromatic heterocycles. The third-order valence-corrected chi connectivity index (χ3v) is 11.4. The summed E-state index contributed by atoms with van der Waals surface area (Å²) < 4.78 is 16.7. The Kier molecular flexibility index (Phi) is 49.9. The molecule has 0 aromatic carbocycles. The molecule has 0 N–H and O–H groups in total. The zero-order chi connectivity index (χ0) is 46.5. The van der Waals surface area contributed by atoms with Crippen LogP contribution in [0.25, 0.3) is 0 Å². The third kappa shape index (κ3) is 49.9. The molecule has 6 nitrogen and oxygen atoms in total. The van der Waals surface area contributed by atoms with E-state index < -0.39 is 6.10 Å². The minimum Gasteiger partial charge on any atom is -0.462 e. The maximum absolute atomic E-state index is 12.7. The highest BCUT2D eigenvalue weighted by Crippen LogP contribution is 2.15. The number of ether oxygens (including phenoxy) is 3. The minimum atomic E-state index is -0.776. The Balaban J connectivity index is 4.13. The second-order valence-electron chi connectivity index (χ2n) is 17.8. The van der Waals surface area contributed by atoms with Crippen LogP contribution in [0.2, 0.25) is 0 Å². The Morgan fingerprint density at radius 2 is 0.625 bits per heavy atom. The fourth-order valence-electron chi connectivity index (χ4n) is 7.39. The van der Waals surface area contributed by atoms with Crippen LogP contribution >= 0.6 is 0 Å². The first-order valence-corrected chi connectivity index (χ1v) is 26.9. The molecule has 0 rings (SSSR count). The van der Waals surface area contributed by atoms with Crippen LogP contribution < -0.4 is 0 Å². The van der Waals surface area contributed by atoms with E-state index >= 15 is 0 Å². The maximum Gasteiger partial charge on any atom is 0.306 e. The van der Waals surface area contributed by atoms with Gasteiger partial charge in [-0.2, -0.15) is 0 Å². The van der Waals surface area contributed by atoms with Gasteiger partial charge in [0.15, 0.2) is 6.10 Å². The molecule has 0 fully saturated rings. The Labute approximate surface area is 395 Å². The van der Waals surface area contributed by atoms with Crippen LogP contribution in [-0.2, 0) is 28.6 Å². The number of carbonyl (C=O) groups excluding carboxylic acids is 3. The van der Waals surface area contributed by atoms with E-state index in [1.165, 1.54) is 116 Å². The van der Waals surface area contributed by atoms with Crippen molar-refractivity contribution in [2.45, 2.75) is 264 Å². The Morgan fingerprint density at radius 3 is 1.02 bits per heavy atom. The summed E-state index contributed by atoms with van der Waals surface area (Å²) in [5, 5.41) is 0. The largest absolute Gasteiger partial charge is 0.462 e. The molecule has 0 aliphatic carbocycles. The van der Waals surface area contributed by atoms with Crippen LogP contribution in [0.15, 0.2) is 72.9 Å². The highest BCUT2D eigenvalue weighted by molar-refractivity contribution is 5.71. The summed E-state index contributed by atoms with van der Waals surface area (Å²) in [5.74, 6) is -0.893. The standard InChI is InChI=1S/C58H100O6/c1-4-7-10-13-16-19-21-22-23-24-25-26-27-28-29-30-31-32-33-34-35-36-38-39-42-45-48-51-57(60)63-54-55(53-62-56(59)50-47-44-41-18-15-12-9-6-3)64-58(61)52-49-46-43-40-37-20-17-14-11-8-5-2/h7,10,14,16-17,19,22-23,25-26,28-29,55H,4-6,8-9,11-13,15,18,20-21,24,27,30-54H2,1-3H3/b10-7-,17-14-,19-16-,23-22-,26-25-,29-28-. The first-order valence-electron chi connectivity index (χ1n) is 26.9. The normalized spacial score (nSPS) is 12.6. The SMILES string of the molecule is CC/C=C\C/C=C\C/C=C\C/C=C\C/C=C\CCCCCCCCCCCCCC(=O)OCC(COC(=O)CCCCCCCCCC)OC(=O)CCCCCCC/C=C\CCCC. The van der Waals surface area contributed by atoms with E-state index in [1.54, 1.807) is 0 Å². The van der Waals surface area contributed by atoms with Crippen molar-refractivity contribution in [1.29, 1.82) is 0 Å². The van der Waals surface area contributed by atoms with E-state index in [1.807, 2.05) is 0 Å². The van der Waals surface area contributed by atoms with Crippen molar-refractivity contribution >= 4 is 17.9 Å². The molecule has 0 spiro atoms. The van der Waals surface area contributed by atoms with E-state index in [9.17, 15) is 14.4 Å². The van der Waals surface area contributed by atoms with Gasteiger partial charge < -0.3 is 14.2 Å². The second-order valence-corrected chi connectivity index (χ2v) is 17.8. The lowest BCUT2D eigenvalue weighted by atomic mass is 10.0. The lowest BCUT2D eigenvalue weighted by molar-refractivity contribution is -0.167. The summed E-state index contributed by atoms with van der Waals surface area (Å²) in [6.07, 6.45) is 66.2. The van der Waals surface area contributed by atoms with Gasteiger partial charge in [0.05, 0.1) is 0 Å². The first kappa shape index (κ1) is 60.9. The van der Waals surface area contributed by atoms with Crippen LogP contribution in [0.4, 0.5) is 0 Å². The van der Waals surface area contributed by atoms with Gasteiger partial charge >= 0.3 is 17.9 Å². The van der Waals surface area contributed by atoms with Gasteiger partial charge in [0.2, 0.25) is 0 Å². The fraction of sp³-hybridized carbons (Fsp3) is 0.741. The van der Waals surface area contributed by atoms with E-state index in [0.29, 0.717) is 19.3 Å². The van der Waals surface area contributed by atoms with Gasteiger partial charge in [0.25, 0.3) is 0 Å². The van der Waals surface area contributed by atoms with Crippen LogP contribution in [0.3, 0.4) is 0 Å². The number of hydrogen-bond acceptors (Lipinski definition) is 6. The molecule has 1 unspecified atom stereocenters. The fourth-order valence-corrected chi connectivity index (χ4v) is 7.39. The van der Waals surface area contributed by atoms with Crippen LogP contribution in [0, 0.1) is 0 Å². The Morgan fingerprint density at radius 1 is 0.328 bits per heavy atom. The number of unbranched alkanes of at least 4 members (excludes halogenated alkanes) is 25. The molecule has 0 saturated heterocycles. The smallest absolute Gasteiger partial charge is 0.306 e. The van der Waals surface area contributed by atoms with Crippen molar-refractivity contribution in [2.75, 3.05) is 13.2 Å². The summed E-state index contributed by atoms with van der Waals surface area (Å²) in [6.45, 7) is 6.45.